The Morgan fingerprint density at radius 1 is 1.03 bits per heavy atom. The van der Waals surface area contributed by atoms with Gasteiger partial charge in [0.1, 0.15) is 30.0 Å². The Morgan fingerprint density at radius 2 is 1.76 bits per heavy atom. The highest BCUT2D eigenvalue weighted by atomic mass is 19.1. The van der Waals surface area contributed by atoms with E-state index in [4.69, 9.17) is 0 Å². The quantitative estimate of drug-likeness (QED) is 0.458. The maximum atomic E-state index is 13.3. The van der Waals surface area contributed by atoms with Crippen LogP contribution in [-0.2, 0) is 17.9 Å². The van der Waals surface area contributed by atoms with Crippen LogP contribution in [0.2, 0.25) is 0 Å². The van der Waals surface area contributed by atoms with Gasteiger partial charge in [-0.05, 0) is 55.3 Å². The molecule has 2 N–H and O–H groups in total. The lowest BCUT2D eigenvalue weighted by Crippen LogP contribution is -2.30. The normalized spacial score (nSPS) is 10.9. The number of anilines is 1. The van der Waals surface area contributed by atoms with Crippen molar-refractivity contribution in [1.82, 2.24) is 19.5 Å². The number of carbonyl (C=O) groups is 2. The molecule has 174 valence electrons. The fourth-order valence-corrected chi connectivity index (χ4v) is 3.78. The molecule has 0 unspecified atom stereocenters. The number of carbonyl (C=O) groups excluding carboxylic acids is 2. The molecular formula is C24H21F2N5O3. The van der Waals surface area contributed by atoms with E-state index >= 15 is 0 Å². The number of aromatic nitrogens is 3. The van der Waals surface area contributed by atoms with E-state index in [9.17, 15) is 23.2 Å². The van der Waals surface area contributed by atoms with Crippen LogP contribution in [0.4, 0.5) is 14.5 Å². The van der Waals surface area contributed by atoms with Crippen molar-refractivity contribution in [2.75, 3.05) is 5.32 Å². The molecule has 0 aliphatic heterocycles. The summed E-state index contributed by atoms with van der Waals surface area (Å²) in [5, 5.41) is 9.34. The molecule has 2 aromatic heterocycles. The number of rotatable bonds is 6. The summed E-state index contributed by atoms with van der Waals surface area (Å²) in [7, 11) is 0. The van der Waals surface area contributed by atoms with E-state index < -0.39 is 23.2 Å². The van der Waals surface area contributed by atoms with Gasteiger partial charge >= 0.3 is 0 Å². The summed E-state index contributed by atoms with van der Waals surface area (Å²) >= 11 is 0. The Kier molecular flexibility index (Phi) is 6.22. The Morgan fingerprint density at radius 3 is 2.47 bits per heavy atom. The Labute approximate surface area is 192 Å². The Hall–Kier alpha value is -4.34. The summed E-state index contributed by atoms with van der Waals surface area (Å²) in [6.45, 7) is 3.14. The van der Waals surface area contributed by atoms with Crippen LogP contribution < -0.4 is 16.2 Å². The van der Waals surface area contributed by atoms with E-state index in [1.807, 2.05) is 0 Å². The topological polar surface area (TPSA) is 97.5 Å². The van der Waals surface area contributed by atoms with Crippen LogP contribution >= 0.6 is 0 Å². The SMILES string of the molecule is Cc1c(C(=O)NCc2ccc(F)cc2)c(C)n2cnn(CC(=O)Nc3cccc(F)c3)c(=O)c12. The number of nitrogens with one attached hydrogen (secondary N) is 2. The highest BCUT2D eigenvalue weighted by Gasteiger charge is 2.22. The third kappa shape index (κ3) is 4.56. The number of nitrogens with zero attached hydrogens (tertiary/aromatic N) is 3. The van der Waals surface area contributed by atoms with Gasteiger partial charge in [-0.15, -0.1) is 0 Å². The van der Waals surface area contributed by atoms with Crippen molar-refractivity contribution >= 4 is 23.0 Å². The van der Waals surface area contributed by atoms with Crippen molar-refractivity contribution in [3.8, 4) is 0 Å². The molecule has 10 heteroatoms. The summed E-state index contributed by atoms with van der Waals surface area (Å²) in [5.41, 5.74) is 1.94. The fraction of sp³-hybridized carbons (Fsp3) is 0.167. The maximum Gasteiger partial charge on any atom is 0.291 e. The highest BCUT2D eigenvalue weighted by molar-refractivity contribution is 5.99. The monoisotopic (exact) mass is 465 g/mol. The summed E-state index contributed by atoms with van der Waals surface area (Å²) < 4.78 is 28.9. The second-order valence-electron chi connectivity index (χ2n) is 7.77. The first kappa shape index (κ1) is 22.8. The van der Waals surface area contributed by atoms with Gasteiger partial charge < -0.3 is 10.6 Å². The molecule has 0 radical (unpaired) electrons. The second kappa shape index (κ2) is 9.26. The van der Waals surface area contributed by atoms with E-state index in [0.29, 0.717) is 16.8 Å². The Bertz CT molecular complexity index is 1460. The van der Waals surface area contributed by atoms with Crippen LogP contribution in [0.5, 0.6) is 0 Å². The molecule has 0 saturated carbocycles. The van der Waals surface area contributed by atoms with Gasteiger partial charge in [0.05, 0.1) is 5.56 Å². The summed E-state index contributed by atoms with van der Waals surface area (Å²) in [6, 6.07) is 11.2. The number of hydrogen-bond donors (Lipinski definition) is 2. The first-order chi connectivity index (χ1) is 16.2. The van der Waals surface area contributed by atoms with Gasteiger partial charge in [-0.3, -0.25) is 18.8 Å². The minimum absolute atomic E-state index is 0.187. The molecule has 2 aromatic carbocycles. The number of fused-ring (bicyclic) bond motifs is 1. The summed E-state index contributed by atoms with van der Waals surface area (Å²) in [6.07, 6.45) is 1.37. The number of hydrogen-bond acceptors (Lipinski definition) is 4. The molecule has 0 saturated heterocycles. The molecule has 0 fully saturated rings. The number of benzene rings is 2. The van der Waals surface area contributed by atoms with Gasteiger partial charge in [-0.25, -0.2) is 13.5 Å². The zero-order valence-electron chi connectivity index (χ0n) is 18.4. The van der Waals surface area contributed by atoms with Gasteiger partial charge in [-0.1, -0.05) is 18.2 Å². The molecule has 8 nitrogen and oxygen atoms in total. The number of amides is 2. The van der Waals surface area contributed by atoms with Crippen molar-refractivity contribution < 1.29 is 18.4 Å². The molecule has 4 rings (SSSR count). The smallest absolute Gasteiger partial charge is 0.291 e. The van der Waals surface area contributed by atoms with Gasteiger partial charge in [0.2, 0.25) is 5.91 Å². The third-order valence-electron chi connectivity index (χ3n) is 5.43. The van der Waals surface area contributed by atoms with Crippen LogP contribution in [0.25, 0.3) is 5.52 Å². The molecule has 4 aromatic rings. The zero-order valence-corrected chi connectivity index (χ0v) is 18.4. The fourth-order valence-electron chi connectivity index (χ4n) is 3.78. The first-order valence-electron chi connectivity index (χ1n) is 10.4. The molecule has 34 heavy (non-hydrogen) atoms. The average molecular weight is 465 g/mol. The van der Waals surface area contributed by atoms with E-state index in [2.05, 4.69) is 15.7 Å². The first-order valence-corrected chi connectivity index (χ1v) is 10.4. The van der Waals surface area contributed by atoms with Crippen molar-refractivity contribution in [3.05, 3.63) is 99.2 Å². The zero-order chi connectivity index (χ0) is 24.4. The molecule has 0 atom stereocenters. The van der Waals surface area contributed by atoms with Crippen LogP contribution in [0, 0.1) is 25.5 Å². The molecule has 2 heterocycles. The van der Waals surface area contributed by atoms with Crippen LogP contribution in [0.15, 0.2) is 59.7 Å². The van der Waals surface area contributed by atoms with E-state index in [1.165, 1.54) is 41.1 Å². The molecule has 0 aliphatic rings. The largest absolute Gasteiger partial charge is 0.348 e. The van der Waals surface area contributed by atoms with Crippen molar-refractivity contribution in [2.45, 2.75) is 26.9 Å². The third-order valence-corrected chi connectivity index (χ3v) is 5.43. The van der Waals surface area contributed by atoms with Crippen LogP contribution in [0.3, 0.4) is 0 Å². The van der Waals surface area contributed by atoms with E-state index in [0.717, 1.165) is 16.3 Å². The minimum Gasteiger partial charge on any atom is -0.348 e. The highest BCUT2D eigenvalue weighted by Crippen LogP contribution is 2.20. The standard InChI is InChI=1S/C24H21F2N5O3/c1-14-21(23(33)27-11-16-6-8-17(25)9-7-16)15(2)30-13-28-31(24(34)22(14)30)12-20(32)29-19-5-3-4-18(26)10-19/h3-10,13H,11-12H2,1-2H3,(H,27,33)(H,29,32). The van der Waals surface area contributed by atoms with Crippen molar-refractivity contribution in [2.24, 2.45) is 0 Å². The van der Waals surface area contributed by atoms with Gasteiger partial charge in [0.15, 0.2) is 0 Å². The predicted octanol–water partition coefficient (Wildman–Crippen LogP) is 2.96. The average Bonchev–Trinajstić information content (AvgIpc) is 3.05. The molecule has 0 bridgehead atoms. The van der Waals surface area contributed by atoms with E-state index in [-0.39, 0.29) is 30.1 Å². The lowest BCUT2D eigenvalue weighted by atomic mass is 10.1. The lowest BCUT2D eigenvalue weighted by Gasteiger charge is -2.07. The second-order valence-corrected chi connectivity index (χ2v) is 7.77. The van der Waals surface area contributed by atoms with Gasteiger partial charge in [0.25, 0.3) is 11.5 Å². The lowest BCUT2D eigenvalue weighted by molar-refractivity contribution is -0.117. The number of aryl methyl sites for hydroxylation is 2. The van der Waals surface area contributed by atoms with Crippen molar-refractivity contribution in [3.63, 3.8) is 0 Å². The molecular weight excluding hydrogens is 444 g/mol. The maximum absolute atomic E-state index is 13.3. The van der Waals surface area contributed by atoms with Gasteiger partial charge in [-0.2, -0.15) is 5.10 Å². The number of halogens is 2. The molecule has 0 spiro atoms. The van der Waals surface area contributed by atoms with Gasteiger partial charge in [0, 0.05) is 17.9 Å². The Balaban J connectivity index is 1.57. The molecule has 2 amide bonds. The molecule has 0 aliphatic carbocycles. The minimum atomic E-state index is -0.553. The predicted molar refractivity (Wildman–Crippen MR) is 122 cm³/mol. The van der Waals surface area contributed by atoms with Crippen LogP contribution in [0.1, 0.15) is 27.2 Å². The van der Waals surface area contributed by atoms with E-state index in [1.54, 1.807) is 26.0 Å². The summed E-state index contributed by atoms with van der Waals surface area (Å²) in [5.74, 6) is -1.81. The van der Waals surface area contributed by atoms with Crippen molar-refractivity contribution in [1.29, 1.82) is 0 Å². The van der Waals surface area contributed by atoms with Crippen LogP contribution in [-0.4, -0.2) is 26.0 Å². The summed E-state index contributed by atoms with van der Waals surface area (Å²) in [4.78, 5) is 38.3.